The zero-order valence-electron chi connectivity index (χ0n) is 18.3. The van der Waals surface area contributed by atoms with E-state index < -0.39 is 0 Å². The minimum absolute atomic E-state index is 0.0657. The number of aromatic nitrogens is 4. The van der Waals surface area contributed by atoms with E-state index in [9.17, 15) is 9.90 Å². The summed E-state index contributed by atoms with van der Waals surface area (Å²) in [6.07, 6.45) is 6.83. The van der Waals surface area contributed by atoms with Crippen LogP contribution in [0.25, 0.3) is 5.82 Å². The van der Waals surface area contributed by atoms with Crippen molar-refractivity contribution >= 4 is 11.9 Å². The molecule has 3 heterocycles. The molecule has 3 N–H and O–H groups in total. The normalized spacial score (nSPS) is 14.3. The van der Waals surface area contributed by atoms with Crippen LogP contribution in [0.5, 0.6) is 0 Å². The second kappa shape index (κ2) is 9.88. The number of aliphatic hydroxyl groups excluding tert-OH is 1. The average Bonchev–Trinajstić information content (AvgIpc) is 3.30. The molecule has 1 aliphatic heterocycles. The first-order chi connectivity index (χ1) is 15.5. The van der Waals surface area contributed by atoms with Gasteiger partial charge in [0.05, 0.1) is 6.61 Å². The number of nitrogens with zero attached hydrogens (tertiary/aromatic N) is 4. The number of imidazole rings is 1. The van der Waals surface area contributed by atoms with Crippen LogP contribution in [-0.4, -0.2) is 49.8 Å². The van der Waals surface area contributed by atoms with E-state index in [2.05, 4.69) is 25.6 Å². The van der Waals surface area contributed by atoms with E-state index >= 15 is 0 Å². The Morgan fingerprint density at radius 2 is 2.03 bits per heavy atom. The van der Waals surface area contributed by atoms with Crippen molar-refractivity contribution in [1.82, 2.24) is 24.8 Å². The number of hydrogen-bond donors (Lipinski definition) is 3. The topological polar surface area (TPSA) is 114 Å². The Bertz CT molecular complexity index is 1090. The molecule has 1 aromatic carbocycles. The summed E-state index contributed by atoms with van der Waals surface area (Å²) in [5.74, 6) is 0.928. The van der Waals surface area contributed by atoms with Gasteiger partial charge < -0.3 is 20.5 Å². The van der Waals surface area contributed by atoms with Gasteiger partial charge in [0.15, 0.2) is 0 Å². The molecule has 1 fully saturated rings. The van der Waals surface area contributed by atoms with Crippen LogP contribution >= 0.6 is 0 Å². The molecule has 2 aromatic heterocycles. The van der Waals surface area contributed by atoms with Crippen molar-refractivity contribution in [3.8, 4) is 5.82 Å². The maximum absolute atomic E-state index is 12.7. The molecule has 0 aliphatic carbocycles. The Balaban J connectivity index is 1.45. The fourth-order valence-corrected chi connectivity index (χ4v) is 3.77. The number of carbonyl (C=O) groups excluding carboxylic acids is 1. The smallest absolute Gasteiger partial charge is 0.271 e. The van der Waals surface area contributed by atoms with Crippen molar-refractivity contribution in [1.29, 1.82) is 0 Å². The molecule has 1 amide bonds. The van der Waals surface area contributed by atoms with Crippen LogP contribution in [-0.2, 0) is 17.9 Å². The molecule has 32 heavy (non-hydrogen) atoms. The summed E-state index contributed by atoms with van der Waals surface area (Å²) in [6, 6.07) is 6.03. The lowest BCUT2D eigenvalue weighted by Crippen LogP contribution is -2.28. The van der Waals surface area contributed by atoms with Gasteiger partial charge in [-0.05, 0) is 43.4 Å². The van der Waals surface area contributed by atoms with E-state index in [0.717, 1.165) is 48.3 Å². The summed E-state index contributed by atoms with van der Waals surface area (Å²) in [5.41, 5.74) is 3.88. The van der Waals surface area contributed by atoms with Crippen LogP contribution in [0.3, 0.4) is 0 Å². The van der Waals surface area contributed by atoms with Gasteiger partial charge in [-0.25, -0.2) is 9.97 Å². The summed E-state index contributed by atoms with van der Waals surface area (Å²) < 4.78 is 7.13. The monoisotopic (exact) mass is 436 g/mol. The Labute approximate surface area is 186 Å². The van der Waals surface area contributed by atoms with Gasteiger partial charge in [-0.1, -0.05) is 18.2 Å². The van der Waals surface area contributed by atoms with Gasteiger partial charge in [-0.15, -0.1) is 0 Å². The third kappa shape index (κ3) is 4.95. The predicted octanol–water partition coefficient (Wildman–Crippen LogP) is 2.29. The molecule has 1 aliphatic rings. The molecule has 0 saturated carbocycles. The van der Waals surface area contributed by atoms with Crippen molar-refractivity contribution in [2.24, 2.45) is 0 Å². The first kappa shape index (κ1) is 21.9. The first-order valence-corrected chi connectivity index (χ1v) is 10.7. The first-order valence-electron chi connectivity index (χ1n) is 10.7. The third-order valence-electron chi connectivity index (χ3n) is 5.66. The molecule has 0 bridgehead atoms. The lowest BCUT2D eigenvalue weighted by molar-refractivity contribution is 0.0903. The number of amides is 1. The maximum atomic E-state index is 12.7. The van der Waals surface area contributed by atoms with Crippen molar-refractivity contribution in [2.75, 3.05) is 18.5 Å². The van der Waals surface area contributed by atoms with Gasteiger partial charge in [-0.3, -0.25) is 9.36 Å². The van der Waals surface area contributed by atoms with E-state index in [0.29, 0.717) is 24.0 Å². The minimum atomic E-state index is -0.290. The van der Waals surface area contributed by atoms with E-state index in [1.54, 1.807) is 23.3 Å². The number of aliphatic hydroxyl groups is 1. The number of hydrogen-bond acceptors (Lipinski definition) is 7. The van der Waals surface area contributed by atoms with E-state index in [1.165, 1.54) is 0 Å². The summed E-state index contributed by atoms with van der Waals surface area (Å²) in [6.45, 7) is 5.57. The molecule has 1 saturated heterocycles. The fourth-order valence-electron chi connectivity index (χ4n) is 3.77. The summed E-state index contributed by atoms with van der Waals surface area (Å²) in [7, 11) is 0. The van der Waals surface area contributed by atoms with Crippen LogP contribution in [0.1, 0.15) is 45.6 Å². The molecular formula is C23H28N6O3. The number of aryl methyl sites for hydroxylation is 2. The number of benzene rings is 1. The van der Waals surface area contributed by atoms with Crippen LogP contribution in [0.4, 0.5) is 5.95 Å². The fraction of sp³-hybridized carbons (Fsp3) is 0.391. The molecule has 9 nitrogen and oxygen atoms in total. The lowest BCUT2D eigenvalue weighted by Gasteiger charge is -2.23. The Kier molecular flexibility index (Phi) is 6.77. The second-order valence-corrected chi connectivity index (χ2v) is 7.95. The average molecular weight is 437 g/mol. The van der Waals surface area contributed by atoms with Crippen molar-refractivity contribution in [3.63, 3.8) is 0 Å². The molecule has 0 radical (unpaired) electrons. The Morgan fingerprint density at radius 1 is 1.22 bits per heavy atom. The van der Waals surface area contributed by atoms with Gasteiger partial charge in [0.25, 0.3) is 5.91 Å². The maximum Gasteiger partial charge on any atom is 0.271 e. The second-order valence-electron chi connectivity index (χ2n) is 7.95. The molecule has 3 aromatic rings. The van der Waals surface area contributed by atoms with E-state index in [4.69, 9.17) is 4.74 Å². The number of anilines is 1. The molecule has 168 valence electrons. The van der Waals surface area contributed by atoms with Crippen LogP contribution in [0, 0.1) is 13.8 Å². The standard InChI is InChI=1S/C23H28N6O3/c1-15-4-3-5-17(19(15)13-30)11-24-22(31)20-12-29(14-26-20)21-16(2)10-25-23(28-21)27-18-6-8-32-9-7-18/h3-5,10,12,14,18,30H,6-9,11,13H2,1-2H3,(H,24,31)(H,25,27,28). The number of rotatable bonds is 7. The molecule has 0 atom stereocenters. The highest BCUT2D eigenvalue weighted by Gasteiger charge is 2.17. The van der Waals surface area contributed by atoms with Crippen LogP contribution in [0.15, 0.2) is 36.9 Å². The van der Waals surface area contributed by atoms with E-state index in [-0.39, 0.29) is 18.6 Å². The van der Waals surface area contributed by atoms with Crippen molar-refractivity contribution < 1.29 is 14.6 Å². The Morgan fingerprint density at radius 3 is 2.81 bits per heavy atom. The highest BCUT2D eigenvalue weighted by atomic mass is 16.5. The van der Waals surface area contributed by atoms with Crippen molar-refractivity contribution in [3.05, 3.63) is 64.9 Å². The number of ether oxygens (including phenoxy) is 1. The zero-order chi connectivity index (χ0) is 22.5. The van der Waals surface area contributed by atoms with Gasteiger partial charge in [0, 0.05) is 43.8 Å². The zero-order valence-corrected chi connectivity index (χ0v) is 18.3. The summed E-state index contributed by atoms with van der Waals surface area (Å²) >= 11 is 0. The highest BCUT2D eigenvalue weighted by molar-refractivity contribution is 5.92. The van der Waals surface area contributed by atoms with Gasteiger partial charge >= 0.3 is 0 Å². The largest absolute Gasteiger partial charge is 0.392 e. The lowest BCUT2D eigenvalue weighted by atomic mass is 10.0. The minimum Gasteiger partial charge on any atom is -0.392 e. The summed E-state index contributed by atoms with van der Waals surface area (Å²) in [4.78, 5) is 25.9. The molecule has 4 rings (SSSR count). The van der Waals surface area contributed by atoms with Crippen LogP contribution < -0.4 is 10.6 Å². The van der Waals surface area contributed by atoms with Crippen molar-refractivity contribution in [2.45, 2.75) is 45.9 Å². The van der Waals surface area contributed by atoms with E-state index in [1.807, 2.05) is 32.0 Å². The molecule has 0 unspecified atom stereocenters. The quantitative estimate of drug-likeness (QED) is 0.521. The summed E-state index contributed by atoms with van der Waals surface area (Å²) in [5, 5.41) is 15.9. The van der Waals surface area contributed by atoms with Gasteiger partial charge in [-0.2, -0.15) is 4.98 Å². The van der Waals surface area contributed by atoms with Gasteiger partial charge in [0.2, 0.25) is 5.95 Å². The third-order valence-corrected chi connectivity index (χ3v) is 5.66. The van der Waals surface area contributed by atoms with Crippen LogP contribution in [0.2, 0.25) is 0 Å². The molecule has 9 heteroatoms. The molecule has 0 spiro atoms. The highest BCUT2D eigenvalue weighted by Crippen LogP contribution is 2.17. The Hall–Kier alpha value is -3.30. The predicted molar refractivity (Wildman–Crippen MR) is 120 cm³/mol. The SMILES string of the molecule is Cc1cnc(NC2CCOCC2)nc1-n1cnc(C(=O)NCc2cccc(C)c2CO)c1. The number of carbonyl (C=O) groups is 1. The number of nitrogens with one attached hydrogen (secondary N) is 2. The molecular weight excluding hydrogens is 408 g/mol. The van der Waals surface area contributed by atoms with Gasteiger partial charge in [0.1, 0.15) is 17.8 Å².